The molecule has 0 rings (SSSR count). The zero-order valence-corrected chi connectivity index (χ0v) is 13.4. The van der Waals surface area contributed by atoms with Gasteiger partial charge < -0.3 is 23.7 Å². The molecule has 0 heterocycles. The molecule has 0 aliphatic rings. The molecule has 0 aromatic heterocycles. The van der Waals surface area contributed by atoms with Gasteiger partial charge in [0.15, 0.2) is 0 Å². The van der Waals surface area contributed by atoms with E-state index in [2.05, 4.69) is 6.58 Å². The van der Waals surface area contributed by atoms with Crippen LogP contribution in [-0.4, -0.2) is 64.9 Å². The fourth-order valence-corrected chi connectivity index (χ4v) is 1.20. The fraction of sp³-hybridized carbons (Fsp3) is 0.800. The number of rotatable bonds is 14. The van der Waals surface area contributed by atoms with Gasteiger partial charge in [-0.05, 0) is 20.8 Å². The predicted octanol–water partition coefficient (Wildman–Crippen LogP) is 1.58. The molecule has 21 heavy (non-hydrogen) atoms. The summed E-state index contributed by atoms with van der Waals surface area (Å²) in [5, 5.41) is 0. The third-order valence-corrected chi connectivity index (χ3v) is 2.23. The molecule has 0 saturated heterocycles. The second-order valence-electron chi connectivity index (χ2n) is 4.67. The Morgan fingerprint density at radius 3 is 1.71 bits per heavy atom. The van der Waals surface area contributed by atoms with E-state index in [0.29, 0.717) is 51.8 Å². The smallest absolute Gasteiger partial charge is 0.333 e. The molecule has 124 valence electrons. The summed E-state index contributed by atoms with van der Waals surface area (Å²) in [6.45, 7) is 12.8. The summed E-state index contributed by atoms with van der Waals surface area (Å²) in [6, 6.07) is 0. The zero-order valence-electron chi connectivity index (χ0n) is 13.4. The summed E-state index contributed by atoms with van der Waals surface area (Å²) in [5.41, 5.74) is 0.386. The van der Waals surface area contributed by atoms with Crippen LogP contribution in [0.15, 0.2) is 12.2 Å². The van der Waals surface area contributed by atoms with Crippen molar-refractivity contribution in [2.24, 2.45) is 0 Å². The van der Waals surface area contributed by atoms with Crippen LogP contribution in [0, 0.1) is 0 Å². The maximum absolute atomic E-state index is 11.0. The quantitative estimate of drug-likeness (QED) is 0.276. The highest BCUT2D eigenvalue weighted by molar-refractivity contribution is 5.86. The van der Waals surface area contributed by atoms with Gasteiger partial charge in [0.25, 0.3) is 0 Å². The van der Waals surface area contributed by atoms with E-state index in [0.717, 1.165) is 0 Å². The number of carbonyl (C=O) groups excluding carboxylic acids is 1. The van der Waals surface area contributed by atoms with Crippen LogP contribution in [0.1, 0.15) is 20.8 Å². The van der Waals surface area contributed by atoms with Crippen LogP contribution < -0.4 is 0 Å². The Morgan fingerprint density at radius 2 is 1.29 bits per heavy atom. The predicted molar refractivity (Wildman–Crippen MR) is 79.3 cm³/mol. The number of hydrogen-bond acceptors (Lipinski definition) is 6. The van der Waals surface area contributed by atoms with Gasteiger partial charge >= 0.3 is 5.97 Å². The molecule has 0 amide bonds. The molecular formula is C15H28O6. The normalized spacial score (nSPS) is 10.9. The maximum atomic E-state index is 11.0. The van der Waals surface area contributed by atoms with Gasteiger partial charge in [-0.2, -0.15) is 0 Å². The van der Waals surface area contributed by atoms with E-state index in [1.54, 1.807) is 6.92 Å². The summed E-state index contributed by atoms with van der Waals surface area (Å²) in [5.74, 6) is -0.395. The van der Waals surface area contributed by atoms with Gasteiger partial charge in [-0.3, -0.25) is 0 Å². The lowest BCUT2D eigenvalue weighted by atomic mass is 10.4. The van der Waals surface area contributed by atoms with Crippen LogP contribution in [0.25, 0.3) is 0 Å². The second kappa shape index (κ2) is 14.0. The first-order valence-electron chi connectivity index (χ1n) is 7.21. The summed E-state index contributed by atoms with van der Waals surface area (Å²) >= 11 is 0. The largest absolute Gasteiger partial charge is 0.460 e. The Hall–Kier alpha value is -0.950. The molecule has 6 heteroatoms. The Bertz CT molecular complexity index is 277. The minimum atomic E-state index is -0.395. The van der Waals surface area contributed by atoms with Crippen molar-refractivity contribution in [3.8, 4) is 0 Å². The minimum Gasteiger partial charge on any atom is -0.460 e. The Morgan fingerprint density at radius 1 is 0.857 bits per heavy atom. The monoisotopic (exact) mass is 304 g/mol. The molecule has 6 nitrogen and oxygen atoms in total. The average molecular weight is 304 g/mol. The molecule has 0 saturated carbocycles. The molecular weight excluding hydrogens is 276 g/mol. The van der Waals surface area contributed by atoms with Crippen molar-refractivity contribution < 1.29 is 28.5 Å². The molecule has 0 bridgehead atoms. The van der Waals surface area contributed by atoms with Gasteiger partial charge in [0, 0.05) is 5.57 Å². The molecule has 0 aliphatic heterocycles. The van der Waals surface area contributed by atoms with Crippen molar-refractivity contribution in [2.75, 3.05) is 52.9 Å². The molecule has 0 aliphatic carbocycles. The minimum absolute atomic E-state index is 0.227. The first kappa shape index (κ1) is 20.1. The van der Waals surface area contributed by atoms with Crippen molar-refractivity contribution in [2.45, 2.75) is 26.9 Å². The number of carbonyl (C=O) groups is 1. The fourth-order valence-electron chi connectivity index (χ4n) is 1.20. The lowest BCUT2D eigenvalue weighted by molar-refractivity contribution is -0.140. The Balaban J connectivity index is 3.09. The van der Waals surface area contributed by atoms with Gasteiger partial charge in [0.1, 0.15) is 6.61 Å². The van der Waals surface area contributed by atoms with Crippen molar-refractivity contribution in [3.63, 3.8) is 0 Å². The maximum Gasteiger partial charge on any atom is 0.333 e. The topological polar surface area (TPSA) is 63.2 Å². The molecule has 0 aromatic rings. The van der Waals surface area contributed by atoms with E-state index in [9.17, 15) is 4.79 Å². The van der Waals surface area contributed by atoms with Crippen LogP contribution in [-0.2, 0) is 28.5 Å². The molecule has 0 N–H and O–H groups in total. The number of esters is 1. The van der Waals surface area contributed by atoms with Gasteiger partial charge in [0.2, 0.25) is 0 Å². The molecule has 0 atom stereocenters. The highest BCUT2D eigenvalue weighted by Crippen LogP contribution is 1.91. The Labute approximate surface area is 127 Å². The molecule has 0 aromatic carbocycles. The van der Waals surface area contributed by atoms with Gasteiger partial charge in [-0.1, -0.05) is 6.58 Å². The molecule has 0 fully saturated rings. The third kappa shape index (κ3) is 15.3. The summed E-state index contributed by atoms with van der Waals surface area (Å²) < 4.78 is 26.1. The highest BCUT2D eigenvalue weighted by atomic mass is 16.6. The van der Waals surface area contributed by atoms with E-state index >= 15 is 0 Å². The zero-order chi connectivity index (χ0) is 15.9. The van der Waals surface area contributed by atoms with Crippen molar-refractivity contribution in [1.82, 2.24) is 0 Å². The Kier molecular flexibility index (Phi) is 13.4. The lowest BCUT2D eigenvalue weighted by Gasteiger charge is -2.09. The van der Waals surface area contributed by atoms with E-state index in [1.807, 2.05) is 13.8 Å². The van der Waals surface area contributed by atoms with Crippen molar-refractivity contribution in [3.05, 3.63) is 12.2 Å². The van der Waals surface area contributed by atoms with Gasteiger partial charge in [-0.25, -0.2) is 4.79 Å². The van der Waals surface area contributed by atoms with Crippen LogP contribution >= 0.6 is 0 Å². The summed E-state index contributed by atoms with van der Waals surface area (Å²) in [6.07, 6.45) is 0.233. The first-order chi connectivity index (χ1) is 10.0. The number of ether oxygens (including phenoxy) is 5. The molecule has 0 radical (unpaired) electrons. The second-order valence-corrected chi connectivity index (χ2v) is 4.67. The van der Waals surface area contributed by atoms with Crippen LogP contribution in [0.4, 0.5) is 0 Å². The van der Waals surface area contributed by atoms with Crippen LogP contribution in [0.5, 0.6) is 0 Å². The highest BCUT2D eigenvalue weighted by Gasteiger charge is 2.01. The standard InChI is InChI=1S/C15H28O6/c1-13(2)15(16)21-12-10-19-8-6-17-5-7-18-9-11-20-14(3)4/h14H,1,5-12H2,2-4H3. The van der Waals surface area contributed by atoms with Crippen molar-refractivity contribution in [1.29, 1.82) is 0 Å². The van der Waals surface area contributed by atoms with E-state index in [-0.39, 0.29) is 12.7 Å². The van der Waals surface area contributed by atoms with Gasteiger partial charge in [-0.15, -0.1) is 0 Å². The summed E-state index contributed by atoms with van der Waals surface area (Å²) in [7, 11) is 0. The van der Waals surface area contributed by atoms with Gasteiger partial charge in [0.05, 0.1) is 52.4 Å². The molecule has 0 unspecified atom stereocenters. The first-order valence-corrected chi connectivity index (χ1v) is 7.21. The van der Waals surface area contributed by atoms with E-state index in [4.69, 9.17) is 23.7 Å². The SMILES string of the molecule is C=C(C)C(=O)OCCOCCOCCOCCOC(C)C. The molecule has 0 spiro atoms. The third-order valence-electron chi connectivity index (χ3n) is 2.23. The number of hydrogen-bond donors (Lipinski definition) is 0. The van der Waals surface area contributed by atoms with E-state index in [1.165, 1.54) is 0 Å². The average Bonchev–Trinajstić information content (AvgIpc) is 2.43. The lowest BCUT2D eigenvalue weighted by Crippen LogP contribution is -2.15. The van der Waals surface area contributed by atoms with Crippen LogP contribution in [0.3, 0.4) is 0 Å². The summed E-state index contributed by atoms with van der Waals surface area (Å²) in [4.78, 5) is 11.0. The van der Waals surface area contributed by atoms with Crippen LogP contribution in [0.2, 0.25) is 0 Å². The van der Waals surface area contributed by atoms with Crippen molar-refractivity contribution >= 4 is 5.97 Å². The van der Waals surface area contributed by atoms with E-state index < -0.39 is 5.97 Å².